The van der Waals surface area contributed by atoms with E-state index in [0.29, 0.717) is 28.5 Å². The van der Waals surface area contributed by atoms with Gasteiger partial charge in [0.15, 0.2) is 5.78 Å². The summed E-state index contributed by atoms with van der Waals surface area (Å²) in [6, 6.07) is 6.94. The predicted octanol–water partition coefficient (Wildman–Crippen LogP) is 2.43. The number of Topliss-reactive ketones (excluding diaryl/α,β-unsaturated/α-hetero) is 1. The molecule has 2 N–H and O–H groups in total. The normalized spacial score (nSPS) is 10.6. The minimum atomic E-state index is -0.0554. The summed E-state index contributed by atoms with van der Waals surface area (Å²) in [4.78, 5) is 16.1. The standard InChI is InChI=1S/C13H13ClN2O2/c1-18-12-5-3-8-10(16-12)4-2-9(13(8)14)11(17)6-7-15/h2-5H,6-7,15H2,1H3. The lowest BCUT2D eigenvalue weighted by atomic mass is 10.1. The molecule has 18 heavy (non-hydrogen) atoms. The molecule has 0 bridgehead atoms. The van der Waals surface area contributed by atoms with E-state index in [0.717, 1.165) is 5.39 Å². The van der Waals surface area contributed by atoms with Crippen LogP contribution in [0.25, 0.3) is 10.9 Å². The number of carbonyl (C=O) groups is 1. The Morgan fingerprint density at radius 2 is 2.17 bits per heavy atom. The first-order valence-electron chi connectivity index (χ1n) is 5.54. The lowest BCUT2D eigenvalue weighted by molar-refractivity contribution is 0.0985. The van der Waals surface area contributed by atoms with Crippen molar-refractivity contribution in [2.24, 2.45) is 5.73 Å². The second-order valence-corrected chi connectivity index (χ2v) is 4.19. The highest BCUT2D eigenvalue weighted by molar-refractivity contribution is 6.38. The second-order valence-electron chi connectivity index (χ2n) is 3.81. The van der Waals surface area contributed by atoms with E-state index in [9.17, 15) is 4.79 Å². The highest BCUT2D eigenvalue weighted by Crippen LogP contribution is 2.28. The van der Waals surface area contributed by atoms with Gasteiger partial charge in [0.1, 0.15) is 0 Å². The van der Waals surface area contributed by atoms with Crippen LogP contribution in [0.5, 0.6) is 5.88 Å². The molecule has 0 atom stereocenters. The van der Waals surface area contributed by atoms with Crippen molar-refractivity contribution < 1.29 is 9.53 Å². The Bertz CT molecular complexity index is 599. The van der Waals surface area contributed by atoms with E-state index in [-0.39, 0.29) is 12.2 Å². The third-order valence-corrected chi connectivity index (χ3v) is 3.07. The van der Waals surface area contributed by atoms with Gasteiger partial charge >= 0.3 is 0 Å². The average molecular weight is 265 g/mol. The van der Waals surface area contributed by atoms with Crippen molar-refractivity contribution in [1.82, 2.24) is 4.98 Å². The molecule has 0 amide bonds. The van der Waals surface area contributed by atoms with Gasteiger partial charge in [-0.1, -0.05) is 11.6 Å². The van der Waals surface area contributed by atoms with E-state index < -0.39 is 0 Å². The molecule has 4 nitrogen and oxygen atoms in total. The summed E-state index contributed by atoms with van der Waals surface area (Å²) in [6.07, 6.45) is 0.287. The maximum Gasteiger partial charge on any atom is 0.213 e. The molecule has 1 aromatic carbocycles. The van der Waals surface area contributed by atoms with Gasteiger partial charge in [0.25, 0.3) is 0 Å². The average Bonchev–Trinajstić information content (AvgIpc) is 2.38. The zero-order chi connectivity index (χ0) is 13.1. The quantitative estimate of drug-likeness (QED) is 0.862. The van der Waals surface area contributed by atoms with E-state index >= 15 is 0 Å². The van der Waals surface area contributed by atoms with Crippen molar-refractivity contribution >= 4 is 28.3 Å². The predicted molar refractivity (Wildman–Crippen MR) is 71.3 cm³/mol. The molecule has 2 rings (SSSR count). The van der Waals surface area contributed by atoms with E-state index in [1.54, 1.807) is 31.4 Å². The lowest BCUT2D eigenvalue weighted by Gasteiger charge is -2.07. The molecule has 1 heterocycles. The van der Waals surface area contributed by atoms with Crippen molar-refractivity contribution in [2.75, 3.05) is 13.7 Å². The fourth-order valence-corrected chi connectivity index (χ4v) is 2.07. The van der Waals surface area contributed by atoms with Gasteiger partial charge < -0.3 is 10.5 Å². The number of ether oxygens (including phenoxy) is 1. The summed E-state index contributed by atoms with van der Waals surface area (Å²) < 4.78 is 5.04. The summed E-state index contributed by atoms with van der Waals surface area (Å²) in [5.41, 5.74) is 6.56. The van der Waals surface area contributed by atoms with Gasteiger partial charge in [-0.15, -0.1) is 0 Å². The van der Waals surface area contributed by atoms with Crippen LogP contribution >= 0.6 is 11.6 Å². The maximum atomic E-state index is 11.8. The Morgan fingerprint density at radius 3 is 2.83 bits per heavy atom. The third-order valence-electron chi connectivity index (χ3n) is 2.66. The van der Waals surface area contributed by atoms with Crippen LogP contribution in [0.4, 0.5) is 0 Å². The van der Waals surface area contributed by atoms with Crippen molar-refractivity contribution in [3.05, 3.63) is 34.9 Å². The molecule has 2 aromatic rings. The van der Waals surface area contributed by atoms with Crippen molar-refractivity contribution in [3.8, 4) is 5.88 Å². The number of rotatable bonds is 4. The van der Waals surface area contributed by atoms with Gasteiger partial charge in [-0.2, -0.15) is 0 Å². The summed E-state index contributed by atoms with van der Waals surface area (Å²) >= 11 is 6.23. The van der Waals surface area contributed by atoms with Crippen molar-refractivity contribution in [3.63, 3.8) is 0 Å². The van der Waals surface area contributed by atoms with Gasteiger partial charge in [0.2, 0.25) is 5.88 Å². The van der Waals surface area contributed by atoms with Crippen LogP contribution in [-0.4, -0.2) is 24.4 Å². The number of hydrogen-bond acceptors (Lipinski definition) is 4. The minimum Gasteiger partial charge on any atom is -0.481 e. The maximum absolute atomic E-state index is 11.8. The van der Waals surface area contributed by atoms with Crippen LogP contribution in [0, 0.1) is 0 Å². The van der Waals surface area contributed by atoms with Gasteiger partial charge in [-0.25, -0.2) is 4.98 Å². The topological polar surface area (TPSA) is 65.2 Å². The highest BCUT2D eigenvalue weighted by atomic mass is 35.5. The van der Waals surface area contributed by atoms with Crippen molar-refractivity contribution in [2.45, 2.75) is 6.42 Å². The monoisotopic (exact) mass is 264 g/mol. The zero-order valence-electron chi connectivity index (χ0n) is 9.94. The molecule has 0 saturated carbocycles. The Kier molecular flexibility index (Phi) is 3.79. The molecule has 94 valence electrons. The number of nitrogens with two attached hydrogens (primary N) is 1. The SMILES string of the molecule is COc1ccc2c(Cl)c(C(=O)CCN)ccc2n1. The Labute approximate surface area is 110 Å². The first-order chi connectivity index (χ1) is 8.67. The molecule has 0 radical (unpaired) electrons. The van der Waals surface area contributed by atoms with E-state index in [2.05, 4.69) is 4.98 Å². The molecule has 5 heteroatoms. The molecule has 0 aliphatic rings. The minimum absolute atomic E-state index is 0.0554. The number of benzene rings is 1. The molecule has 0 aliphatic heterocycles. The van der Waals surface area contributed by atoms with Crippen molar-refractivity contribution in [1.29, 1.82) is 0 Å². The fourth-order valence-electron chi connectivity index (χ4n) is 1.74. The Hall–Kier alpha value is -1.65. The number of aromatic nitrogens is 1. The number of nitrogens with zero attached hydrogens (tertiary/aromatic N) is 1. The van der Waals surface area contributed by atoms with Crippen LogP contribution in [-0.2, 0) is 0 Å². The van der Waals surface area contributed by atoms with Gasteiger partial charge in [0.05, 0.1) is 17.6 Å². The Morgan fingerprint density at radius 1 is 1.39 bits per heavy atom. The summed E-state index contributed by atoms with van der Waals surface area (Å²) in [5, 5.41) is 1.15. The highest BCUT2D eigenvalue weighted by Gasteiger charge is 2.13. The fraction of sp³-hybridized carbons (Fsp3) is 0.231. The lowest BCUT2D eigenvalue weighted by Crippen LogP contribution is -2.08. The molecule has 1 aromatic heterocycles. The van der Waals surface area contributed by atoms with Crippen LogP contribution in [0.3, 0.4) is 0 Å². The summed E-state index contributed by atoms with van der Waals surface area (Å²) in [6.45, 7) is 0.314. The van der Waals surface area contributed by atoms with E-state index in [1.807, 2.05) is 0 Å². The summed E-state index contributed by atoms with van der Waals surface area (Å²) in [7, 11) is 1.55. The zero-order valence-corrected chi connectivity index (χ0v) is 10.7. The number of carbonyl (C=O) groups excluding carboxylic acids is 1. The number of fused-ring (bicyclic) bond motifs is 1. The number of hydrogen-bond donors (Lipinski definition) is 1. The number of halogens is 1. The van der Waals surface area contributed by atoms with Crippen LogP contribution < -0.4 is 10.5 Å². The molecule has 0 saturated heterocycles. The van der Waals surface area contributed by atoms with Gasteiger partial charge in [-0.05, 0) is 24.7 Å². The van der Waals surface area contributed by atoms with Gasteiger partial charge in [0, 0.05) is 23.4 Å². The van der Waals surface area contributed by atoms with Crippen LogP contribution in [0.2, 0.25) is 5.02 Å². The first kappa shape index (κ1) is 12.8. The van der Waals surface area contributed by atoms with E-state index in [4.69, 9.17) is 22.1 Å². The number of pyridine rings is 1. The smallest absolute Gasteiger partial charge is 0.213 e. The number of methoxy groups -OCH3 is 1. The number of ketones is 1. The van der Waals surface area contributed by atoms with Gasteiger partial charge in [-0.3, -0.25) is 4.79 Å². The van der Waals surface area contributed by atoms with Crippen LogP contribution in [0.1, 0.15) is 16.8 Å². The molecule has 0 spiro atoms. The third kappa shape index (κ3) is 2.30. The summed E-state index contributed by atoms with van der Waals surface area (Å²) in [5.74, 6) is 0.458. The largest absolute Gasteiger partial charge is 0.481 e. The first-order valence-corrected chi connectivity index (χ1v) is 5.91. The molecule has 0 fully saturated rings. The Balaban J connectivity index is 2.54. The molecule has 0 unspecified atom stereocenters. The van der Waals surface area contributed by atoms with E-state index in [1.165, 1.54) is 0 Å². The van der Waals surface area contributed by atoms with Crippen LogP contribution in [0.15, 0.2) is 24.3 Å². The second kappa shape index (κ2) is 5.33. The molecule has 0 aliphatic carbocycles. The molecular formula is C13H13ClN2O2. The molecular weight excluding hydrogens is 252 g/mol.